The molecule has 2 nitrogen and oxygen atoms in total. The standard InChI is InChI=1S/C20H32NOP.Y/c1-5-18(23(6-2)14-9-7-8-10-15-23)20(22)21-19-16(3)12-11-13-17(19)4;/h11-13,18H,5-10,14-15H2,1-4H3;/p+1. The van der Waals surface area contributed by atoms with Crippen LogP contribution in [0.25, 0.3) is 0 Å². The third kappa shape index (κ3) is 5.12. The molecule has 0 spiro atoms. The van der Waals surface area contributed by atoms with Crippen LogP contribution in [-0.2, 0) is 37.5 Å². The van der Waals surface area contributed by atoms with Crippen molar-refractivity contribution in [1.29, 1.82) is 0 Å². The zero-order chi connectivity index (χ0) is 16.9. The Bertz CT molecular complexity index is 518. The Labute approximate surface area is 174 Å². The van der Waals surface area contributed by atoms with Gasteiger partial charge in [-0.1, -0.05) is 25.1 Å². The molecular weight excluding hydrogens is 390 g/mol. The van der Waals surface area contributed by atoms with Gasteiger partial charge in [0, 0.05) is 45.7 Å². The third-order valence-electron chi connectivity index (χ3n) is 5.67. The Hall–Kier alpha value is 0.224. The van der Waals surface area contributed by atoms with Gasteiger partial charge in [0.2, 0.25) is 0 Å². The zero-order valence-corrected chi connectivity index (χ0v) is 19.6. The molecule has 1 unspecified atom stereocenters. The van der Waals surface area contributed by atoms with E-state index in [0.717, 1.165) is 23.2 Å². The Kier molecular flexibility index (Phi) is 9.64. The van der Waals surface area contributed by atoms with Crippen molar-refractivity contribution < 1.29 is 37.5 Å². The maximum absolute atomic E-state index is 13.1. The summed E-state index contributed by atoms with van der Waals surface area (Å²) in [4.78, 5) is 13.1. The molecule has 24 heavy (non-hydrogen) atoms. The fourth-order valence-corrected chi connectivity index (χ4v) is 9.17. The molecule has 1 aromatic carbocycles. The average molecular weight is 423 g/mol. The molecule has 0 saturated carbocycles. The molecule has 1 aromatic rings. The number of benzene rings is 1. The van der Waals surface area contributed by atoms with Crippen molar-refractivity contribution in [3.63, 3.8) is 0 Å². The van der Waals surface area contributed by atoms with Crippen LogP contribution in [0.2, 0.25) is 0 Å². The fourth-order valence-electron chi connectivity index (χ4n) is 4.21. The van der Waals surface area contributed by atoms with Gasteiger partial charge < -0.3 is 5.32 Å². The van der Waals surface area contributed by atoms with Crippen LogP contribution in [0.3, 0.4) is 0 Å². The van der Waals surface area contributed by atoms with Gasteiger partial charge in [-0.3, -0.25) is 4.79 Å². The van der Waals surface area contributed by atoms with Crippen molar-refractivity contribution in [2.24, 2.45) is 0 Å². The first-order valence-corrected chi connectivity index (χ1v) is 11.7. The summed E-state index contributed by atoms with van der Waals surface area (Å²) in [6.07, 6.45) is 10.2. The van der Waals surface area contributed by atoms with E-state index in [0.29, 0.717) is 0 Å². The smallest absolute Gasteiger partial charge is 0.265 e. The molecule has 0 aromatic heterocycles. The van der Waals surface area contributed by atoms with E-state index in [1.807, 2.05) is 0 Å². The molecule has 1 heterocycles. The number of carbonyl (C=O) groups excluding carboxylic acids is 1. The van der Waals surface area contributed by atoms with Crippen molar-refractivity contribution in [1.82, 2.24) is 0 Å². The second-order valence-electron chi connectivity index (χ2n) is 7.08. The van der Waals surface area contributed by atoms with Crippen molar-refractivity contribution >= 4 is 18.9 Å². The monoisotopic (exact) mass is 423 g/mol. The second-order valence-corrected chi connectivity index (χ2v) is 11.7. The molecule has 1 saturated heterocycles. The molecule has 0 bridgehead atoms. The van der Waals surface area contributed by atoms with Gasteiger partial charge in [0.15, 0.2) is 0 Å². The Balaban J connectivity index is 0.00000288. The number of hydrogen-bond acceptors (Lipinski definition) is 1. The van der Waals surface area contributed by atoms with Gasteiger partial charge >= 0.3 is 0 Å². The summed E-state index contributed by atoms with van der Waals surface area (Å²) in [5.74, 6) is 0.280. The van der Waals surface area contributed by atoms with Gasteiger partial charge in [-0.25, -0.2) is 0 Å². The first kappa shape index (κ1) is 22.3. The van der Waals surface area contributed by atoms with Crippen LogP contribution in [0.5, 0.6) is 0 Å². The summed E-state index contributed by atoms with van der Waals surface area (Å²) >= 11 is 0. The van der Waals surface area contributed by atoms with Crippen LogP contribution in [0, 0.1) is 13.8 Å². The topological polar surface area (TPSA) is 29.1 Å². The van der Waals surface area contributed by atoms with Gasteiger partial charge in [0.1, 0.15) is 5.66 Å². The van der Waals surface area contributed by atoms with Crippen LogP contribution in [-0.4, -0.2) is 30.1 Å². The van der Waals surface area contributed by atoms with E-state index >= 15 is 0 Å². The molecule has 2 rings (SSSR count). The van der Waals surface area contributed by atoms with Gasteiger partial charge in [-0.2, -0.15) is 0 Å². The predicted octanol–water partition coefficient (Wildman–Crippen LogP) is 5.63. The summed E-state index contributed by atoms with van der Waals surface area (Å²) in [7, 11) is -1.16. The average Bonchev–Trinajstić information content (AvgIpc) is 2.78. The molecule has 1 aliphatic rings. The van der Waals surface area contributed by atoms with Gasteiger partial charge in [-0.15, -0.1) is 0 Å². The molecule has 1 amide bonds. The van der Waals surface area contributed by atoms with E-state index in [1.165, 1.54) is 44.2 Å². The summed E-state index contributed by atoms with van der Waals surface area (Å²) in [6.45, 7) is 8.70. The minimum Gasteiger partial charge on any atom is -0.322 e. The predicted molar refractivity (Wildman–Crippen MR) is 104 cm³/mol. The summed E-state index contributed by atoms with van der Waals surface area (Å²) < 4.78 is 0. The van der Waals surface area contributed by atoms with Gasteiger partial charge in [0.05, 0.1) is 18.5 Å². The first-order chi connectivity index (χ1) is 11.0. The Morgan fingerprint density at radius 1 is 1.08 bits per heavy atom. The number of hydrogen-bond donors (Lipinski definition) is 1. The van der Waals surface area contributed by atoms with Crippen molar-refractivity contribution in [3.8, 4) is 0 Å². The van der Waals surface area contributed by atoms with Gasteiger partial charge in [0.25, 0.3) is 5.91 Å². The SMILES string of the molecule is CCC(C(=O)Nc1c(C)cccc1C)[P+]1(CC)CCCCCC1.[Y]. The summed E-state index contributed by atoms with van der Waals surface area (Å²) in [6, 6.07) is 6.23. The molecule has 1 aliphatic heterocycles. The fraction of sp³-hybridized carbons (Fsp3) is 0.650. The largest absolute Gasteiger partial charge is 0.322 e. The number of amides is 1. The number of anilines is 1. The number of rotatable bonds is 5. The van der Waals surface area contributed by atoms with Crippen LogP contribution < -0.4 is 5.32 Å². The maximum atomic E-state index is 13.1. The Morgan fingerprint density at radius 2 is 1.62 bits per heavy atom. The van der Waals surface area contributed by atoms with Crippen molar-refractivity contribution in [2.75, 3.05) is 23.8 Å². The Morgan fingerprint density at radius 3 is 2.08 bits per heavy atom. The van der Waals surface area contributed by atoms with Crippen LogP contribution in [0.4, 0.5) is 5.69 Å². The van der Waals surface area contributed by atoms with Crippen molar-refractivity contribution in [3.05, 3.63) is 29.3 Å². The van der Waals surface area contributed by atoms with Crippen LogP contribution in [0.15, 0.2) is 18.2 Å². The zero-order valence-electron chi connectivity index (χ0n) is 15.9. The molecule has 131 valence electrons. The third-order valence-corrected chi connectivity index (χ3v) is 11.3. The quantitative estimate of drug-likeness (QED) is 0.611. The second kappa shape index (κ2) is 10.4. The molecule has 1 atom stereocenters. The molecule has 4 heteroatoms. The molecule has 1 radical (unpaired) electrons. The molecule has 1 N–H and O–H groups in total. The molecule has 1 fully saturated rings. The summed E-state index contributed by atoms with van der Waals surface area (Å²) in [5.41, 5.74) is 3.60. The molecular formula is C20H33NOPY+. The number of nitrogens with one attached hydrogen (secondary N) is 1. The van der Waals surface area contributed by atoms with E-state index in [2.05, 4.69) is 51.2 Å². The first-order valence-electron chi connectivity index (χ1n) is 9.27. The van der Waals surface area contributed by atoms with E-state index in [1.54, 1.807) is 0 Å². The van der Waals surface area contributed by atoms with E-state index in [9.17, 15) is 4.79 Å². The minimum absolute atomic E-state index is 0. The van der Waals surface area contributed by atoms with E-state index in [4.69, 9.17) is 0 Å². The maximum Gasteiger partial charge on any atom is 0.265 e. The van der Waals surface area contributed by atoms with Gasteiger partial charge in [-0.05, 0) is 64.0 Å². The van der Waals surface area contributed by atoms with E-state index in [-0.39, 0.29) is 44.3 Å². The number of aryl methyl sites for hydroxylation is 2. The number of para-hydroxylation sites is 1. The van der Waals surface area contributed by atoms with E-state index < -0.39 is 7.26 Å². The molecule has 0 aliphatic carbocycles. The number of carbonyl (C=O) groups is 1. The van der Waals surface area contributed by atoms with Crippen LogP contribution in [0.1, 0.15) is 57.1 Å². The van der Waals surface area contributed by atoms with Crippen molar-refractivity contribution in [2.45, 2.75) is 65.5 Å². The van der Waals surface area contributed by atoms with Crippen LogP contribution >= 0.6 is 7.26 Å². The normalized spacial score (nSPS) is 18.2. The summed E-state index contributed by atoms with van der Waals surface area (Å²) in [5, 5.41) is 3.30. The minimum atomic E-state index is -1.16.